The maximum atomic E-state index is 12.5. The lowest BCUT2D eigenvalue weighted by Crippen LogP contribution is -2.52. The molecule has 0 saturated carbocycles. The van der Waals surface area contributed by atoms with Crippen LogP contribution in [0.3, 0.4) is 0 Å². The number of ether oxygens (including phenoxy) is 1. The fourth-order valence-electron chi connectivity index (χ4n) is 2.72. The Morgan fingerprint density at radius 2 is 2.16 bits per heavy atom. The van der Waals surface area contributed by atoms with Crippen molar-refractivity contribution in [3.8, 4) is 0 Å². The van der Waals surface area contributed by atoms with Crippen LogP contribution in [0.4, 0.5) is 0 Å². The van der Waals surface area contributed by atoms with Gasteiger partial charge in [0.15, 0.2) is 6.10 Å². The van der Waals surface area contributed by atoms with E-state index in [4.69, 9.17) is 16.3 Å². The summed E-state index contributed by atoms with van der Waals surface area (Å²) in [5.74, 6) is -0.557. The topological polar surface area (TPSA) is 80.3 Å². The third-order valence-electron chi connectivity index (χ3n) is 3.95. The molecule has 25 heavy (non-hydrogen) atoms. The first kappa shape index (κ1) is 17.4. The Bertz CT molecular complexity index is 754. The molecule has 6 nitrogen and oxygen atoms in total. The molecule has 2 aromatic rings. The van der Waals surface area contributed by atoms with E-state index in [2.05, 4.69) is 15.6 Å². The number of pyridine rings is 1. The third-order valence-corrected chi connectivity index (χ3v) is 4.29. The number of nitrogens with one attached hydrogen (secondary N) is 2. The van der Waals surface area contributed by atoms with Gasteiger partial charge in [0.25, 0.3) is 5.91 Å². The lowest BCUT2D eigenvalue weighted by atomic mass is 9.99. The standard InChI is InChI=1S/C18H18ClN3O3/c19-14-6-2-1-5-13(14)16-17(25-11-15(23)22-16)18(24)21-9-7-12-4-3-8-20-10-12/h1-6,8,10,16-17H,7,9,11H2,(H,21,24)(H,22,23)/t16-,17+/m1/s1. The van der Waals surface area contributed by atoms with E-state index in [0.29, 0.717) is 23.6 Å². The Kier molecular flexibility index (Phi) is 5.63. The molecule has 1 saturated heterocycles. The van der Waals surface area contributed by atoms with E-state index >= 15 is 0 Å². The van der Waals surface area contributed by atoms with Crippen LogP contribution < -0.4 is 10.6 Å². The SMILES string of the molecule is O=C1CO[C@H](C(=O)NCCc2cccnc2)[C@@H](c2ccccc2Cl)N1. The van der Waals surface area contributed by atoms with Gasteiger partial charge >= 0.3 is 0 Å². The van der Waals surface area contributed by atoms with Gasteiger partial charge in [0.1, 0.15) is 6.61 Å². The van der Waals surface area contributed by atoms with Crippen LogP contribution in [0.25, 0.3) is 0 Å². The molecule has 0 bridgehead atoms. The van der Waals surface area contributed by atoms with Crippen LogP contribution in [0.1, 0.15) is 17.2 Å². The maximum absolute atomic E-state index is 12.5. The van der Waals surface area contributed by atoms with Gasteiger partial charge in [-0.1, -0.05) is 35.9 Å². The Hall–Kier alpha value is -2.44. The molecule has 2 heterocycles. The second-order valence-electron chi connectivity index (χ2n) is 5.70. The van der Waals surface area contributed by atoms with E-state index in [-0.39, 0.29) is 18.4 Å². The summed E-state index contributed by atoms with van der Waals surface area (Å²) in [5.41, 5.74) is 1.69. The van der Waals surface area contributed by atoms with Gasteiger partial charge < -0.3 is 15.4 Å². The highest BCUT2D eigenvalue weighted by Gasteiger charge is 2.36. The second kappa shape index (κ2) is 8.09. The molecule has 1 aromatic carbocycles. The number of benzene rings is 1. The molecular weight excluding hydrogens is 342 g/mol. The van der Waals surface area contributed by atoms with Crippen molar-refractivity contribution in [1.82, 2.24) is 15.6 Å². The van der Waals surface area contributed by atoms with E-state index in [9.17, 15) is 9.59 Å². The fourth-order valence-corrected chi connectivity index (χ4v) is 2.98. The molecule has 2 N–H and O–H groups in total. The van der Waals surface area contributed by atoms with Crippen LogP contribution >= 0.6 is 11.6 Å². The molecular formula is C18H18ClN3O3. The maximum Gasteiger partial charge on any atom is 0.251 e. The van der Waals surface area contributed by atoms with Gasteiger partial charge in [-0.2, -0.15) is 0 Å². The van der Waals surface area contributed by atoms with Crippen LogP contribution in [-0.4, -0.2) is 36.1 Å². The van der Waals surface area contributed by atoms with Gasteiger partial charge in [-0.15, -0.1) is 0 Å². The lowest BCUT2D eigenvalue weighted by Gasteiger charge is -2.32. The van der Waals surface area contributed by atoms with Crippen molar-refractivity contribution in [3.05, 3.63) is 64.9 Å². The quantitative estimate of drug-likeness (QED) is 0.850. The summed E-state index contributed by atoms with van der Waals surface area (Å²) in [6.45, 7) is 0.301. The fraction of sp³-hybridized carbons (Fsp3) is 0.278. The number of hydrogen-bond acceptors (Lipinski definition) is 4. The highest BCUT2D eigenvalue weighted by Crippen LogP contribution is 2.28. The average molecular weight is 360 g/mol. The number of carbonyl (C=O) groups is 2. The van der Waals surface area contributed by atoms with E-state index in [1.165, 1.54) is 0 Å². The number of carbonyl (C=O) groups excluding carboxylic acids is 2. The molecule has 2 atom stereocenters. The minimum absolute atomic E-state index is 0.151. The number of rotatable bonds is 5. The van der Waals surface area contributed by atoms with Crippen molar-refractivity contribution in [3.63, 3.8) is 0 Å². The molecule has 0 radical (unpaired) electrons. The van der Waals surface area contributed by atoms with Crippen LogP contribution in [-0.2, 0) is 20.7 Å². The largest absolute Gasteiger partial charge is 0.356 e. The van der Waals surface area contributed by atoms with Crippen LogP contribution in [0.15, 0.2) is 48.8 Å². The predicted molar refractivity (Wildman–Crippen MR) is 93.0 cm³/mol. The zero-order valence-electron chi connectivity index (χ0n) is 13.4. The number of nitrogens with zero attached hydrogens (tertiary/aromatic N) is 1. The molecule has 2 amide bonds. The third kappa shape index (κ3) is 4.35. The summed E-state index contributed by atoms with van der Waals surface area (Å²) in [7, 11) is 0. The Labute approximate surface area is 150 Å². The van der Waals surface area contributed by atoms with Gasteiger partial charge in [-0.3, -0.25) is 14.6 Å². The average Bonchev–Trinajstić information content (AvgIpc) is 2.63. The highest BCUT2D eigenvalue weighted by atomic mass is 35.5. The minimum atomic E-state index is -0.827. The smallest absolute Gasteiger partial charge is 0.251 e. The zero-order valence-corrected chi connectivity index (χ0v) is 14.2. The van der Waals surface area contributed by atoms with E-state index in [0.717, 1.165) is 5.56 Å². The highest BCUT2D eigenvalue weighted by molar-refractivity contribution is 6.31. The summed E-state index contributed by atoms with van der Waals surface area (Å²) in [6, 6.07) is 10.3. The van der Waals surface area contributed by atoms with Gasteiger partial charge in [0.05, 0.1) is 6.04 Å². The summed E-state index contributed by atoms with van der Waals surface area (Å²) >= 11 is 6.21. The van der Waals surface area contributed by atoms with Crippen molar-refractivity contribution >= 4 is 23.4 Å². The first-order valence-corrected chi connectivity index (χ1v) is 8.35. The Balaban J connectivity index is 1.66. The number of halogens is 1. The number of hydrogen-bond donors (Lipinski definition) is 2. The van der Waals surface area contributed by atoms with E-state index in [1.807, 2.05) is 12.1 Å². The van der Waals surface area contributed by atoms with Crippen LogP contribution in [0.2, 0.25) is 5.02 Å². The summed E-state index contributed by atoms with van der Waals surface area (Å²) in [5, 5.41) is 6.12. The molecule has 7 heteroatoms. The summed E-state index contributed by atoms with van der Waals surface area (Å²) < 4.78 is 5.48. The molecule has 0 spiro atoms. The molecule has 1 aromatic heterocycles. The Morgan fingerprint density at radius 1 is 1.32 bits per heavy atom. The van der Waals surface area contributed by atoms with E-state index < -0.39 is 12.1 Å². The van der Waals surface area contributed by atoms with E-state index in [1.54, 1.807) is 36.7 Å². The minimum Gasteiger partial charge on any atom is -0.356 e. The first-order valence-electron chi connectivity index (χ1n) is 7.97. The van der Waals surface area contributed by atoms with Gasteiger partial charge in [-0.05, 0) is 29.7 Å². The molecule has 130 valence electrons. The monoisotopic (exact) mass is 359 g/mol. The molecule has 1 fully saturated rings. The summed E-state index contributed by atoms with van der Waals surface area (Å²) in [6.07, 6.45) is 3.30. The number of amides is 2. The van der Waals surface area contributed by atoms with Gasteiger partial charge in [0.2, 0.25) is 5.91 Å². The molecule has 0 unspecified atom stereocenters. The predicted octanol–water partition coefficient (Wildman–Crippen LogP) is 1.65. The number of aromatic nitrogens is 1. The van der Waals surface area contributed by atoms with Crippen molar-refractivity contribution in [1.29, 1.82) is 0 Å². The van der Waals surface area contributed by atoms with Crippen LogP contribution in [0, 0.1) is 0 Å². The van der Waals surface area contributed by atoms with Crippen molar-refractivity contribution in [2.24, 2.45) is 0 Å². The normalized spacial score (nSPS) is 20.0. The first-order chi connectivity index (χ1) is 12.1. The lowest BCUT2D eigenvalue weighted by molar-refractivity contribution is -0.148. The van der Waals surface area contributed by atoms with Crippen LogP contribution in [0.5, 0.6) is 0 Å². The molecule has 1 aliphatic heterocycles. The van der Waals surface area contributed by atoms with Crippen molar-refractivity contribution < 1.29 is 14.3 Å². The van der Waals surface area contributed by atoms with Gasteiger partial charge in [-0.25, -0.2) is 0 Å². The second-order valence-corrected chi connectivity index (χ2v) is 6.11. The number of morpholine rings is 1. The Morgan fingerprint density at radius 3 is 2.92 bits per heavy atom. The molecule has 0 aliphatic carbocycles. The molecule has 3 rings (SSSR count). The summed E-state index contributed by atoms with van der Waals surface area (Å²) in [4.78, 5) is 28.3. The van der Waals surface area contributed by atoms with Crippen molar-refractivity contribution in [2.75, 3.05) is 13.2 Å². The molecule has 1 aliphatic rings. The van der Waals surface area contributed by atoms with Gasteiger partial charge in [0, 0.05) is 24.0 Å². The zero-order chi connectivity index (χ0) is 17.6. The van der Waals surface area contributed by atoms with Crippen molar-refractivity contribution in [2.45, 2.75) is 18.6 Å².